The van der Waals surface area contributed by atoms with Crippen LogP contribution in [0.3, 0.4) is 0 Å². The van der Waals surface area contributed by atoms with Crippen LogP contribution in [-0.4, -0.2) is 25.3 Å². The summed E-state index contributed by atoms with van der Waals surface area (Å²) in [5, 5.41) is 6.48. The molecule has 3 atom stereocenters. The summed E-state index contributed by atoms with van der Waals surface area (Å²) in [7, 11) is 0. The monoisotopic (exact) mass is 326 g/mol. The van der Waals surface area contributed by atoms with Gasteiger partial charge in [-0.3, -0.25) is 4.79 Å². The van der Waals surface area contributed by atoms with E-state index in [9.17, 15) is 4.79 Å². The van der Waals surface area contributed by atoms with Crippen molar-refractivity contribution in [3.05, 3.63) is 23.8 Å². The van der Waals surface area contributed by atoms with E-state index in [0.717, 1.165) is 36.4 Å². The van der Waals surface area contributed by atoms with Gasteiger partial charge in [0, 0.05) is 12.0 Å². The van der Waals surface area contributed by atoms with Gasteiger partial charge < -0.3 is 20.1 Å². The fourth-order valence-corrected chi connectivity index (χ4v) is 2.97. The van der Waals surface area contributed by atoms with Gasteiger partial charge in [0.05, 0.1) is 6.04 Å². The molecule has 0 spiro atoms. The molecule has 6 heteroatoms. The molecule has 2 aliphatic heterocycles. The summed E-state index contributed by atoms with van der Waals surface area (Å²) in [5.74, 6) is 1.78. The molecule has 22 heavy (non-hydrogen) atoms. The molecule has 122 valence electrons. The van der Waals surface area contributed by atoms with Crippen LogP contribution >= 0.6 is 12.4 Å². The number of rotatable bonds is 3. The third-order valence-corrected chi connectivity index (χ3v) is 4.25. The molecule has 2 heterocycles. The number of ether oxygens (including phenoxy) is 2. The minimum Gasteiger partial charge on any atom is -0.454 e. The van der Waals surface area contributed by atoms with Crippen LogP contribution in [-0.2, 0) is 4.79 Å². The van der Waals surface area contributed by atoms with Crippen LogP contribution < -0.4 is 20.1 Å². The largest absolute Gasteiger partial charge is 0.454 e. The van der Waals surface area contributed by atoms with Crippen molar-refractivity contribution in [2.24, 2.45) is 5.92 Å². The van der Waals surface area contributed by atoms with Crippen molar-refractivity contribution in [3.63, 3.8) is 0 Å². The molecule has 5 nitrogen and oxygen atoms in total. The van der Waals surface area contributed by atoms with Gasteiger partial charge in [-0.1, -0.05) is 6.07 Å². The molecule has 1 amide bonds. The molecule has 2 N–H and O–H groups in total. The molecule has 2 aliphatic rings. The van der Waals surface area contributed by atoms with Gasteiger partial charge in [-0.05, 0) is 50.9 Å². The van der Waals surface area contributed by atoms with Crippen LogP contribution in [0.15, 0.2) is 18.2 Å². The zero-order valence-corrected chi connectivity index (χ0v) is 13.7. The molecule has 1 unspecified atom stereocenters. The van der Waals surface area contributed by atoms with Crippen molar-refractivity contribution in [1.29, 1.82) is 0 Å². The average molecular weight is 327 g/mol. The van der Waals surface area contributed by atoms with Crippen molar-refractivity contribution < 1.29 is 14.3 Å². The Bertz CT molecular complexity index is 538. The molecule has 3 rings (SSSR count). The minimum atomic E-state index is -0.0304. The first-order valence-corrected chi connectivity index (χ1v) is 7.57. The second-order valence-corrected chi connectivity index (χ2v) is 5.92. The van der Waals surface area contributed by atoms with Gasteiger partial charge in [-0.15, -0.1) is 12.4 Å². The molecule has 0 aliphatic carbocycles. The first kappa shape index (κ1) is 16.9. The number of benzene rings is 1. The average Bonchev–Trinajstić information content (AvgIpc) is 2.94. The van der Waals surface area contributed by atoms with Crippen molar-refractivity contribution in [1.82, 2.24) is 10.6 Å². The van der Waals surface area contributed by atoms with E-state index in [2.05, 4.69) is 17.6 Å². The number of carbonyl (C=O) groups excluding carboxylic acids is 1. The minimum absolute atomic E-state index is 0. The second-order valence-electron chi connectivity index (χ2n) is 5.92. The standard InChI is InChI=1S/C16H22N2O3.ClH/c1-10-7-13(5-6-17-10)16(19)18-11(2)12-3-4-14-15(8-12)21-9-20-14;/h3-4,8,10-11,13,17H,5-7,9H2,1-2H3,(H,18,19);1H/t10-,11?,13-;/m0./s1. The lowest BCUT2D eigenvalue weighted by Gasteiger charge is -2.28. The normalized spacial score (nSPS) is 24.3. The predicted octanol–water partition coefficient (Wildman–Crippen LogP) is 2.40. The molecular weight excluding hydrogens is 304 g/mol. The smallest absolute Gasteiger partial charge is 0.231 e. The van der Waals surface area contributed by atoms with Crippen LogP contribution in [0.1, 0.15) is 38.3 Å². The fraction of sp³-hybridized carbons (Fsp3) is 0.562. The van der Waals surface area contributed by atoms with Crippen LogP contribution in [0.25, 0.3) is 0 Å². The number of hydrogen-bond acceptors (Lipinski definition) is 4. The van der Waals surface area contributed by atoms with Gasteiger partial charge in [-0.25, -0.2) is 0 Å². The summed E-state index contributed by atoms with van der Waals surface area (Å²) in [6.07, 6.45) is 1.81. The summed E-state index contributed by atoms with van der Waals surface area (Å²) >= 11 is 0. The zero-order valence-electron chi connectivity index (χ0n) is 12.9. The number of piperidine rings is 1. The van der Waals surface area contributed by atoms with E-state index in [-0.39, 0.29) is 37.1 Å². The van der Waals surface area contributed by atoms with E-state index in [4.69, 9.17) is 9.47 Å². The lowest BCUT2D eigenvalue weighted by molar-refractivity contribution is -0.126. The Hall–Kier alpha value is -1.46. The molecule has 1 aromatic rings. The molecule has 0 aromatic heterocycles. The quantitative estimate of drug-likeness (QED) is 0.895. The maximum atomic E-state index is 12.4. The summed E-state index contributed by atoms with van der Waals surface area (Å²) in [4.78, 5) is 12.4. The molecule has 0 bridgehead atoms. The predicted molar refractivity (Wildman–Crippen MR) is 86.6 cm³/mol. The van der Waals surface area contributed by atoms with Gasteiger partial charge in [0.15, 0.2) is 11.5 Å². The summed E-state index contributed by atoms with van der Waals surface area (Å²) in [5.41, 5.74) is 1.04. The Labute approximate surface area is 137 Å². The Kier molecular flexibility index (Phi) is 5.53. The lowest BCUT2D eigenvalue weighted by Crippen LogP contribution is -2.42. The highest BCUT2D eigenvalue weighted by molar-refractivity contribution is 5.85. The third kappa shape index (κ3) is 3.65. The van der Waals surface area contributed by atoms with E-state index in [1.165, 1.54) is 0 Å². The second kappa shape index (κ2) is 7.20. The number of carbonyl (C=O) groups is 1. The van der Waals surface area contributed by atoms with E-state index < -0.39 is 0 Å². The number of nitrogens with one attached hydrogen (secondary N) is 2. The highest BCUT2D eigenvalue weighted by Crippen LogP contribution is 2.34. The van der Waals surface area contributed by atoms with Crippen molar-refractivity contribution >= 4 is 18.3 Å². The molecule has 1 aromatic carbocycles. The fourth-order valence-electron chi connectivity index (χ4n) is 2.97. The zero-order chi connectivity index (χ0) is 14.8. The van der Waals surface area contributed by atoms with Crippen molar-refractivity contribution in [2.75, 3.05) is 13.3 Å². The van der Waals surface area contributed by atoms with Crippen LogP contribution in [0.2, 0.25) is 0 Å². The van der Waals surface area contributed by atoms with Crippen LogP contribution in [0.5, 0.6) is 11.5 Å². The molecule has 0 saturated carbocycles. The van der Waals surface area contributed by atoms with E-state index >= 15 is 0 Å². The van der Waals surface area contributed by atoms with Crippen LogP contribution in [0, 0.1) is 5.92 Å². The van der Waals surface area contributed by atoms with Gasteiger partial charge >= 0.3 is 0 Å². The lowest BCUT2D eigenvalue weighted by atomic mass is 9.92. The first-order valence-electron chi connectivity index (χ1n) is 7.57. The molecule has 1 saturated heterocycles. The van der Waals surface area contributed by atoms with E-state index in [1.807, 2.05) is 25.1 Å². The summed E-state index contributed by atoms with van der Waals surface area (Å²) in [6.45, 7) is 5.31. The molecule has 0 radical (unpaired) electrons. The maximum Gasteiger partial charge on any atom is 0.231 e. The van der Waals surface area contributed by atoms with E-state index in [0.29, 0.717) is 6.04 Å². The molecular formula is C16H23ClN2O3. The number of fused-ring (bicyclic) bond motifs is 1. The molecule has 1 fully saturated rings. The Morgan fingerprint density at radius 3 is 2.91 bits per heavy atom. The highest BCUT2D eigenvalue weighted by atomic mass is 35.5. The van der Waals surface area contributed by atoms with Gasteiger partial charge in [0.2, 0.25) is 12.7 Å². The Morgan fingerprint density at radius 2 is 2.14 bits per heavy atom. The number of amides is 1. The summed E-state index contributed by atoms with van der Waals surface area (Å²) < 4.78 is 10.7. The van der Waals surface area contributed by atoms with Gasteiger partial charge in [-0.2, -0.15) is 0 Å². The SMILES string of the molecule is CC(NC(=O)[C@H]1CCN[C@@H](C)C1)c1ccc2c(c1)OCO2.Cl. The van der Waals surface area contributed by atoms with Gasteiger partial charge in [0.1, 0.15) is 0 Å². The van der Waals surface area contributed by atoms with Crippen molar-refractivity contribution in [2.45, 2.75) is 38.8 Å². The van der Waals surface area contributed by atoms with E-state index in [1.54, 1.807) is 0 Å². The first-order chi connectivity index (χ1) is 10.1. The number of halogens is 1. The highest BCUT2D eigenvalue weighted by Gasteiger charge is 2.26. The van der Waals surface area contributed by atoms with Crippen LogP contribution in [0.4, 0.5) is 0 Å². The summed E-state index contributed by atoms with van der Waals surface area (Å²) in [6, 6.07) is 6.20. The Balaban J connectivity index is 0.00000176. The Morgan fingerprint density at radius 1 is 1.36 bits per heavy atom. The third-order valence-electron chi connectivity index (χ3n) is 4.25. The topological polar surface area (TPSA) is 59.6 Å². The number of hydrogen-bond donors (Lipinski definition) is 2. The maximum absolute atomic E-state index is 12.4. The van der Waals surface area contributed by atoms with Gasteiger partial charge in [0.25, 0.3) is 0 Å². The van der Waals surface area contributed by atoms with Crippen molar-refractivity contribution in [3.8, 4) is 11.5 Å².